The summed E-state index contributed by atoms with van der Waals surface area (Å²) in [4.78, 5) is 27.3. The third-order valence-electron chi connectivity index (χ3n) is 2.40. The van der Waals surface area contributed by atoms with Crippen LogP contribution in [0.1, 0.15) is 16.1 Å². The molecule has 2 rings (SSSR count). The fourth-order valence-electron chi connectivity index (χ4n) is 1.45. The molecular formula is C13H12N2O3S2. The Morgan fingerprint density at radius 3 is 2.90 bits per heavy atom. The summed E-state index contributed by atoms with van der Waals surface area (Å²) < 4.78 is 0. The first kappa shape index (κ1) is 14.4. The van der Waals surface area contributed by atoms with Crippen molar-refractivity contribution < 1.29 is 14.7 Å². The lowest BCUT2D eigenvalue weighted by molar-refractivity contribution is -0.136. The zero-order valence-electron chi connectivity index (χ0n) is 10.6. The molecule has 2 N–H and O–H groups in total. The minimum Gasteiger partial charge on any atom is -0.481 e. The third-order valence-corrected chi connectivity index (χ3v) is 4.19. The molecule has 0 unspecified atom stereocenters. The van der Waals surface area contributed by atoms with E-state index in [0.29, 0.717) is 10.8 Å². The Morgan fingerprint density at radius 1 is 1.45 bits per heavy atom. The zero-order valence-corrected chi connectivity index (χ0v) is 12.3. The molecule has 0 aliphatic carbocycles. The second-order valence-corrected chi connectivity index (χ2v) is 5.81. The van der Waals surface area contributed by atoms with E-state index in [9.17, 15) is 9.59 Å². The number of thiophene rings is 1. The van der Waals surface area contributed by atoms with E-state index in [1.165, 1.54) is 17.4 Å². The maximum atomic E-state index is 11.7. The summed E-state index contributed by atoms with van der Waals surface area (Å²) in [5.41, 5.74) is 1.56. The molecule has 0 atom stereocenters. The van der Waals surface area contributed by atoms with Crippen LogP contribution in [0.5, 0.6) is 0 Å². The highest BCUT2D eigenvalue weighted by molar-refractivity contribution is 7.14. The standard InChI is InChI=1S/C13H12N2O3S2/c1-8-4-5-19-10(8)2-3-11(16)15-13-14-9(7-20-13)6-12(17)18/h2-5,7H,6H2,1H3,(H,17,18)(H,14,15,16)/b3-2+. The highest BCUT2D eigenvalue weighted by Crippen LogP contribution is 2.18. The van der Waals surface area contributed by atoms with Gasteiger partial charge in [-0.1, -0.05) is 0 Å². The van der Waals surface area contributed by atoms with Crippen molar-refractivity contribution in [2.75, 3.05) is 5.32 Å². The van der Waals surface area contributed by atoms with Crippen LogP contribution in [-0.2, 0) is 16.0 Å². The normalized spacial score (nSPS) is 10.8. The fourth-order valence-corrected chi connectivity index (χ4v) is 2.99. The number of carbonyl (C=O) groups excluding carboxylic acids is 1. The predicted molar refractivity (Wildman–Crippen MR) is 80.2 cm³/mol. The summed E-state index contributed by atoms with van der Waals surface area (Å²) >= 11 is 2.77. The highest BCUT2D eigenvalue weighted by atomic mass is 32.1. The van der Waals surface area contributed by atoms with Gasteiger partial charge in [-0.05, 0) is 30.0 Å². The highest BCUT2D eigenvalue weighted by Gasteiger charge is 2.07. The number of carboxylic acid groups (broad SMARTS) is 1. The molecule has 20 heavy (non-hydrogen) atoms. The maximum Gasteiger partial charge on any atom is 0.309 e. The smallest absolute Gasteiger partial charge is 0.309 e. The minimum atomic E-state index is -0.943. The Kier molecular flexibility index (Phi) is 4.65. The van der Waals surface area contributed by atoms with Crippen LogP contribution in [0.25, 0.3) is 6.08 Å². The molecule has 0 aromatic carbocycles. The SMILES string of the molecule is Cc1ccsc1/C=C/C(=O)Nc1nc(CC(=O)O)cs1. The summed E-state index contributed by atoms with van der Waals surface area (Å²) in [5, 5.41) is 15.2. The van der Waals surface area contributed by atoms with Gasteiger partial charge < -0.3 is 5.11 Å². The number of thiazole rings is 1. The molecule has 2 heterocycles. The number of aryl methyl sites for hydroxylation is 1. The molecule has 104 valence electrons. The number of rotatable bonds is 5. The van der Waals surface area contributed by atoms with Crippen LogP contribution >= 0.6 is 22.7 Å². The van der Waals surface area contributed by atoms with Gasteiger partial charge in [0, 0.05) is 16.3 Å². The second kappa shape index (κ2) is 6.44. The van der Waals surface area contributed by atoms with Gasteiger partial charge in [-0.15, -0.1) is 22.7 Å². The van der Waals surface area contributed by atoms with Crippen LogP contribution in [0.4, 0.5) is 5.13 Å². The van der Waals surface area contributed by atoms with E-state index in [0.717, 1.165) is 10.4 Å². The zero-order chi connectivity index (χ0) is 14.5. The van der Waals surface area contributed by atoms with Crippen LogP contribution < -0.4 is 5.32 Å². The Bertz CT molecular complexity index is 658. The number of nitrogens with one attached hydrogen (secondary N) is 1. The van der Waals surface area contributed by atoms with Gasteiger partial charge in [0.15, 0.2) is 5.13 Å². The van der Waals surface area contributed by atoms with Crippen molar-refractivity contribution in [3.05, 3.63) is 39.0 Å². The van der Waals surface area contributed by atoms with Crippen molar-refractivity contribution in [2.24, 2.45) is 0 Å². The molecule has 0 saturated heterocycles. The van der Waals surface area contributed by atoms with Gasteiger partial charge >= 0.3 is 5.97 Å². The Morgan fingerprint density at radius 2 is 2.25 bits per heavy atom. The van der Waals surface area contributed by atoms with Crippen LogP contribution in [-0.4, -0.2) is 22.0 Å². The summed E-state index contributed by atoms with van der Waals surface area (Å²) in [5.74, 6) is -1.23. The van der Waals surface area contributed by atoms with Gasteiger partial charge in [0.1, 0.15) is 0 Å². The van der Waals surface area contributed by atoms with Crippen molar-refractivity contribution >= 4 is 45.8 Å². The van der Waals surface area contributed by atoms with E-state index in [2.05, 4.69) is 10.3 Å². The lowest BCUT2D eigenvalue weighted by Gasteiger charge is -1.95. The molecular weight excluding hydrogens is 296 g/mol. The topological polar surface area (TPSA) is 79.3 Å². The molecule has 5 nitrogen and oxygen atoms in total. The minimum absolute atomic E-state index is 0.142. The number of aromatic nitrogens is 1. The Labute approximate surface area is 123 Å². The summed E-state index contributed by atoms with van der Waals surface area (Å²) in [7, 11) is 0. The van der Waals surface area contributed by atoms with Crippen molar-refractivity contribution in [3.8, 4) is 0 Å². The van der Waals surface area contributed by atoms with Gasteiger partial charge in [0.05, 0.1) is 12.1 Å². The molecule has 0 aliphatic heterocycles. The van der Waals surface area contributed by atoms with E-state index in [1.807, 2.05) is 18.4 Å². The second-order valence-electron chi connectivity index (χ2n) is 4.00. The van der Waals surface area contributed by atoms with E-state index in [1.54, 1.807) is 22.8 Å². The van der Waals surface area contributed by atoms with Gasteiger partial charge in [-0.25, -0.2) is 4.98 Å². The molecule has 1 amide bonds. The summed E-state index contributed by atoms with van der Waals surface area (Å²) in [6, 6.07) is 1.99. The number of hydrogen-bond acceptors (Lipinski definition) is 5. The number of carboxylic acids is 1. The van der Waals surface area contributed by atoms with E-state index < -0.39 is 5.97 Å². The van der Waals surface area contributed by atoms with Crippen LogP contribution in [0, 0.1) is 6.92 Å². The summed E-state index contributed by atoms with van der Waals surface area (Å²) in [6.45, 7) is 1.98. The Hall–Kier alpha value is -1.99. The quantitative estimate of drug-likeness (QED) is 0.832. The number of anilines is 1. The molecule has 0 saturated carbocycles. The van der Waals surface area contributed by atoms with Crippen molar-refractivity contribution in [3.63, 3.8) is 0 Å². The van der Waals surface area contributed by atoms with Crippen LogP contribution in [0.2, 0.25) is 0 Å². The molecule has 0 radical (unpaired) electrons. The average molecular weight is 308 g/mol. The largest absolute Gasteiger partial charge is 0.481 e. The first-order valence-electron chi connectivity index (χ1n) is 5.74. The maximum absolute atomic E-state index is 11.7. The number of amides is 1. The summed E-state index contributed by atoms with van der Waals surface area (Å²) in [6.07, 6.45) is 3.05. The van der Waals surface area contributed by atoms with Crippen LogP contribution in [0.3, 0.4) is 0 Å². The van der Waals surface area contributed by atoms with Crippen molar-refractivity contribution in [2.45, 2.75) is 13.3 Å². The third kappa shape index (κ3) is 4.01. The average Bonchev–Trinajstić information content (AvgIpc) is 2.96. The number of hydrogen-bond donors (Lipinski definition) is 2. The lowest BCUT2D eigenvalue weighted by Crippen LogP contribution is -2.08. The molecule has 7 heteroatoms. The van der Waals surface area contributed by atoms with Gasteiger partial charge in [0.25, 0.3) is 0 Å². The van der Waals surface area contributed by atoms with Crippen molar-refractivity contribution in [1.29, 1.82) is 0 Å². The molecule has 0 bridgehead atoms. The Balaban J connectivity index is 1.94. The molecule has 0 spiro atoms. The first-order valence-corrected chi connectivity index (χ1v) is 7.50. The number of carbonyl (C=O) groups is 2. The van der Waals surface area contributed by atoms with E-state index in [-0.39, 0.29) is 12.3 Å². The first-order chi connectivity index (χ1) is 9.54. The molecule has 2 aromatic heterocycles. The van der Waals surface area contributed by atoms with Gasteiger partial charge in [0.2, 0.25) is 5.91 Å². The molecule has 0 fully saturated rings. The van der Waals surface area contributed by atoms with Gasteiger partial charge in [-0.3, -0.25) is 14.9 Å². The van der Waals surface area contributed by atoms with Crippen LogP contribution in [0.15, 0.2) is 22.9 Å². The fraction of sp³-hybridized carbons (Fsp3) is 0.154. The lowest BCUT2D eigenvalue weighted by atomic mass is 10.3. The predicted octanol–water partition coefficient (Wildman–Crippen LogP) is 2.79. The van der Waals surface area contributed by atoms with E-state index >= 15 is 0 Å². The van der Waals surface area contributed by atoms with Gasteiger partial charge in [-0.2, -0.15) is 0 Å². The molecule has 2 aromatic rings. The van der Waals surface area contributed by atoms with E-state index in [4.69, 9.17) is 5.11 Å². The number of aliphatic carboxylic acids is 1. The monoisotopic (exact) mass is 308 g/mol. The molecule has 0 aliphatic rings. The number of nitrogens with zero attached hydrogens (tertiary/aromatic N) is 1. The van der Waals surface area contributed by atoms with Crippen molar-refractivity contribution in [1.82, 2.24) is 4.98 Å².